The van der Waals surface area contributed by atoms with E-state index < -0.39 is 0 Å². The Morgan fingerprint density at radius 1 is 1.32 bits per heavy atom. The molecule has 2 heterocycles. The van der Waals surface area contributed by atoms with E-state index in [2.05, 4.69) is 26.7 Å². The molecule has 98 valence electrons. The molecule has 0 bridgehead atoms. The Balaban J connectivity index is 1.69. The largest absolute Gasteiger partial charge is 0.395 e. The zero-order chi connectivity index (χ0) is 13.2. The number of benzene rings is 1. The lowest BCUT2D eigenvalue weighted by Gasteiger charge is -2.08. The molecule has 0 saturated carbocycles. The molecule has 3 N–H and O–H groups in total. The molecule has 2 aromatic heterocycles. The quantitative estimate of drug-likeness (QED) is 0.724. The second-order valence-electron chi connectivity index (χ2n) is 4.29. The van der Waals surface area contributed by atoms with Crippen LogP contribution in [0.15, 0.2) is 23.0 Å². The SMILES string of the molecule is Cc1csc(CCNc2ccc3scnc3c2N)n1. The number of thiazole rings is 2. The van der Waals surface area contributed by atoms with Crippen LogP contribution in [0.5, 0.6) is 0 Å². The van der Waals surface area contributed by atoms with Crippen molar-refractivity contribution < 1.29 is 0 Å². The summed E-state index contributed by atoms with van der Waals surface area (Å²) in [4.78, 5) is 8.73. The second kappa shape index (κ2) is 5.14. The van der Waals surface area contributed by atoms with Crippen LogP contribution in [0.4, 0.5) is 11.4 Å². The van der Waals surface area contributed by atoms with Crippen LogP contribution in [0.2, 0.25) is 0 Å². The van der Waals surface area contributed by atoms with Gasteiger partial charge in [0.2, 0.25) is 0 Å². The number of nitrogens with two attached hydrogens (primary N) is 1. The summed E-state index contributed by atoms with van der Waals surface area (Å²) in [6.07, 6.45) is 0.910. The molecule has 0 aliphatic rings. The van der Waals surface area contributed by atoms with Crippen LogP contribution in [0.1, 0.15) is 10.7 Å². The van der Waals surface area contributed by atoms with Crippen molar-refractivity contribution in [2.45, 2.75) is 13.3 Å². The monoisotopic (exact) mass is 290 g/mol. The highest BCUT2D eigenvalue weighted by Gasteiger charge is 2.06. The number of anilines is 2. The molecule has 0 spiro atoms. The molecule has 19 heavy (non-hydrogen) atoms. The zero-order valence-electron chi connectivity index (χ0n) is 10.5. The lowest BCUT2D eigenvalue weighted by molar-refractivity contribution is 0.988. The molecule has 0 aliphatic carbocycles. The summed E-state index contributed by atoms with van der Waals surface area (Å²) in [5, 5.41) is 6.58. The first kappa shape index (κ1) is 12.4. The highest BCUT2D eigenvalue weighted by molar-refractivity contribution is 7.16. The molecule has 6 heteroatoms. The van der Waals surface area contributed by atoms with Gasteiger partial charge in [0, 0.05) is 24.0 Å². The minimum atomic E-state index is 0.731. The van der Waals surface area contributed by atoms with Crippen LogP contribution in [-0.4, -0.2) is 16.5 Å². The van der Waals surface area contributed by atoms with Crippen molar-refractivity contribution in [3.63, 3.8) is 0 Å². The Hall–Kier alpha value is -1.66. The fourth-order valence-corrected chi connectivity index (χ4v) is 3.40. The van der Waals surface area contributed by atoms with Gasteiger partial charge < -0.3 is 11.1 Å². The lowest BCUT2D eigenvalue weighted by atomic mass is 10.2. The maximum absolute atomic E-state index is 6.12. The average molecular weight is 290 g/mol. The van der Waals surface area contributed by atoms with E-state index in [0.29, 0.717) is 0 Å². The summed E-state index contributed by atoms with van der Waals surface area (Å²) in [5.74, 6) is 0. The number of nitrogens with one attached hydrogen (secondary N) is 1. The molecular weight excluding hydrogens is 276 g/mol. The average Bonchev–Trinajstić information content (AvgIpc) is 3.01. The Bertz CT molecular complexity index is 702. The van der Waals surface area contributed by atoms with Crippen LogP contribution in [-0.2, 0) is 6.42 Å². The highest BCUT2D eigenvalue weighted by atomic mass is 32.1. The predicted molar refractivity (Wildman–Crippen MR) is 83.1 cm³/mol. The Kier molecular flexibility index (Phi) is 3.35. The molecule has 0 atom stereocenters. The molecule has 0 aliphatic heterocycles. The van der Waals surface area contributed by atoms with Gasteiger partial charge in [0.1, 0.15) is 5.52 Å². The van der Waals surface area contributed by atoms with Crippen LogP contribution in [0.25, 0.3) is 10.2 Å². The van der Waals surface area contributed by atoms with Gasteiger partial charge in [-0.05, 0) is 19.1 Å². The standard InChI is InChI=1S/C13H14N4S2/c1-8-6-18-11(17-8)4-5-15-9-2-3-10-13(12(9)14)16-7-19-10/h2-3,6-7,15H,4-5,14H2,1H3. The number of rotatable bonds is 4. The van der Waals surface area contributed by atoms with Gasteiger partial charge in [0.15, 0.2) is 0 Å². The molecule has 4 nitrogen and oxygen atoms in total. The minimum absolute atomic E-state index is 0.731. The van der Waals surface area contributed by atoms with E-state index in [1.165, 1.54) is 0 Å². The van der Waals surface area contributed by atoms with Gasteiger partial charge in [-0.2, -0.15) is 0 Å². The van der Waals surface area contributed by atoms with Gasteiger partial charge in [-0.3, -0.25) is 0 Å². The zero-order valence-corrected chi connectivity index (χ0v) is 12.1. The predicted octanol–water partition coefficient (Wildman–Crippen LogP) is 3.30. The maximum Gasteiger partial charge on any atom is 0.106 e. The van der Waals surface area contributed by atoms with E-state index in [-0.39, 0.29) is 0 Å². The summed E-state index contributed by atoms with van der Waals surface area (Å²) >= 11 is 3.31. The topological polar surface area (TPSA) is 63.8 Å². The molecule has 1 aromatic carbocycles. The van der Waals surface area contributed by atoms with Crippen molar-refractivity contribution in [3.8, 4) is 0 Å². The third kappa shape index (κ3) is 2.54. The lowest BCUT2D eigenvalue weighted by Crippen LogP contribution is -2.07. The van der Waals surface area contributed by atoms with Crippen molar-refractivity contribution in [2.75, 3.05) is 17.6 Å². The Labute approximate surface area is 119 Å². The van der Waals surface area contributed by atoms with Gasteiger partial charge in [-0.25, -0.2) is 9.97 Å². The molecule has 0 amide bonds. The van der Waals surface area contributed by atoms with Crippen molar-refractivity contribution >= 4 is 44.3 Å². The first-order chi connectivity index (χ1) is 9.24. The fourth-order valence-electron chi connectivity index (χ4n) is 1.93. The summed E-state index contributed by atoms with van der Waals surface area (Å²) in [7, 11) is 0. The van der Waals surface area contributed by atoms with Crippen molar-refractivity contribution in [1.29, 1.82) is 0 Å². The number of aryl methyl sites for hydroxylation is 1. The number of nitrogen functional groups attached to an aromatic ring is 1. The summed E-state index contributed by atoms with van der Waals surface area (Å²) < 4.78 is 1.12. The maximum atomic E-state index is 6.12. The van der Waals surface area contributed by atoms with Crippen LogP contribution in [0, 0.1) is 6.92 Å². The van der Waals surface area contributed by atoms with E-state index >= 15 is 0 Å². The van der Waals surface area contributed by atoms with E-state index in [0.717, 1.165) is 45.3 Å². The first-order valence-corrected chi connectivity index (χ1v) is 7.76. The highest BCUT2D eigenvalue weighted by Crippen LogP contribution is 2.29. The minimum Gasteiger partial charge on any atom is -0.395 e. The number of fused-ring (bicyclic) bond motifs is 1. The van der Waals surface area contributed by atoms with Crippen LogP contribution >= 0.6 is 22.7 Å². The van der Waals surface area contributed by atoms with E-state index in [9.17, 15) is 0 Å². The van der Waals surface area contributed by atoms with E-state index in [1.54, 1.807) is 22.7 Å². The van der Waals surface area contributed by atoms with Gasteiger partial charge in [0.05, 0.1) is 26.6 Å². The fraction of sp³-hybridized carbons (Fsp3) is 0.231. The summed E-state index contributed by atoms with van der Waals surface area (Å²) in [6.45, 7) is 2.84. The van der Waals surface area contributed by atoms with Gasteiger partial charge >= 0.3 is 0 Å². The van der Waals surface area contributed by atoms with E-state index in [4.69, 9.17) is 5.73 Å². The Morgan fingerprint density at radius 2 is 2.21 bits per heavy atom. The first-order valence-electron chi connectivity index (χ1n) is 6.00. The number of hydrogen-bond acceptors (Lipinski definition) is 6. The molecule has 3 rings (SSSR count). The molecule has 0 unspecified atom stereocenters. The summed E-state index contributed by atoms with van der Waals surface area (Å²) in [5.41, 5.74) is 11.6. The van der Waals surface area contributed by atoms with Crippen LogP contribution < -0.4 is 11.1 Å². The third-order valence-electron chi connectivity index (χ3n) is 2.86. The van der Waals surface area contributed by atoms with Gasteiger partial charge in [-0.1, -0.05) is 0 Å². The molecule has 0 saturated heterocycles. The van der Waals surface area contributed by atoms with Crippen molar-refractivity contribution in [1.82, 2.24) is 9.97 Å². The number of aromatic nitrogens is 2. The van der Waals surface area contributed by atoms with Crippen LogP contribution in [0.3, 0.4) is 0 Å². The van der Waals surface area contributed by atoms with Gasteiger partial charge in [-0.15, -0.1) is 22.7 Å². The van der Waals surface area contributed by atoms with Crippen molar-refractivity contribution in [3.05, 3.63) is 33.7 Å². The smallest absolute Gasteiger partial charge is 0.106 e. The Morgan fingerprint density at radius 3 is 3.00 bits per heavy atom. The second-order valence-corrected chi connectivity index (χ2v) is 6.11. The van der Waals surface area contributed by atoms with Gasteiger partial charge in [0.25, 0.3) is 0 Å². The molecule has 0 fully saturated rings. The normalized spacial score (nSPS) is 11.0. The third-order valence-corrected chi connectivity index (χ3v) is 4.68. The number of nitrogens with zero attached hydrogens (tertiary/aromatic N) is 2. The molecule has 3 aromatic rings. The summed E-state index contributed by atoms with van der Waals surface area (Å²) in [6, 6.07) is 4.07. The van der Waals surface area contributed by atoms with E-state index in [1.807, 2.05) is 18.5 Å². The number of hydrogen-bond donors (Lipinski definition) is 2. The van der Waals surface area contributed by atoms with Crippen molar-refractivity contribution in [2.24, 2.45) is 0 Å². The molecular formula is C13H14N4S2. The molecule has 0 radical (unpaired) electrons.